The Morgan fingerprint density at radius 2 is 2.00 bits per heavy atom. The third-order valence-electron chi connectivity index (χ3n) is 2.84. The zero-order chi connectivity index (χ0) is 13.0. The molecule has 17 heavy (non-hydrogen) atoms. The van der Waals surface area contributed by atoms with Crippen LogP contribution in [-0.2, 0) is 16.0 Å². The molecular formula is C12H17NO4. The van der Waals surface area contributed by atoms with Gasteiger partial charge in [0.25, 0.3) is 0 Å². The predicted molar refractivity (Wildman–Crippen MR) is 62.2 cm³/mol. The van der Waals surface area contributed by atoms with Gasteiger partial charge in [-0.2, -0.15) is 0 Å². The van der Waals surface area contributed by atoms with Crippen LogP contribution < -0.4 is 0 Å². The minimum atomic E-state index is -0.954. The highest BCUT2D eigenvalue weighted by Crippen LogP contribution is 2.20. The predicted octanol–water partition coefficient (Wildman–Crippen LogP) is 1.83. The number of hydrogen-bond acceptors (Lipinski definition) is 3. The second-order valence-electron chi connectivity index (χ2n) is 3.96. The van der Waals surface area contributed by atoms with E-state index in [0.717, 1.165) is 16.8 Å². The molecule has 94 valence electrons. The molecule has 0 aliphatic heterocycles. The lowest BCUT2D eigenvalue weighted by Gasteiger charge is -2.02. The second kappa shape index (κ2) is 5.52. The molecule has 0 spiro atoms. The minimum absolute atomic E-state index is 0.232. The summed E-state index contributed by atoms with van der Waals surface area (Å²) in [6.07, 6.45) is 1.69. The monoisotopic (exact) mass is 239 g/mol. The van der Waals surface area contributed by atoms with Crippen LogP contribution in [0, 0.1) is 13.8 Å². The molecule has 5 heteroatoms. The molecule has 0 aliphatic rings. The molecular weight excluding hydrogens is 222 g/mol. The molecule has 0 aliphatic carbocycles. The van der Waals surface area contributed by atoms with Gasteiger partial charge < -0.3 is 14.8 Å². The molecule has 1 aromatic rings. The van der Waals surface area contributed by atoms with E-state index in [1.807, 2.05) is 6.92 Å². The summed E-state index contributed by atoms with van der Waals surface area (Å²) in [6, 6.07) is 0. The van der Waals surface area contributed by atoms with Crippen molar-refractivity contribution >= 4 is 11.9 Å². The van der Waals surface area contributed by atoms with Crippen LogP contribution in [0.1, 0.15) is 40.2 Å². The van der Waals surface area contributed by atoms with Gasteiger partial charge in [0.2, 0.25) is 0 Å². The van der Waals surface area contributed by atoms with E-state index < -0.39 is 5.97 Å². The van der Waals surface area contributed by atoms with Crippen LogP contribution in [0.25, 0.3) is 0 Å². The van der Waals surface area contributed by atoms with Crippen molar-refractivity contribution in [2.45, 2.75) is 33.1 Å². The lowest BCUT2D eigenvalue weighted by molar-refractivity contribution is -0.140. The van der Waals surface area contributed by atoms with Gasteiger partial charge >= 0.3 is 11.9 Å². The van der Waals surface area contributed by atoms with E-state index in [9.17, 15) is 9.59 Å². The van der Waals surface area contributed by atoms with Gasteiger partial charge in [-0.3, -0.25) is 4.79 Å². The maximum Gasteiger partial charge on any atom is 0.352 e. The molecule has 1 rings (SSSR count). The Labute approximate surface area is 99.8 Å². The number of nitrogens with one attached hydrogen (secondary N) is 1. The summed E-state index contributed by atoms with van der Waals surface area (Å²) in [7, 11) is 1.36. The summed E-state index contributed by atoms with van der Waals surface area (Å²) in [5, 5.41) is 8.95. The zero-order valence-electron chi connectivity index (χ0n) is 10.3. The zero-order valence-corrected chi connectivity index (χ0v) is 10.3. The summed E-state index contributed by atoms with van der Waals surface area (Å²) in [5.74, 6) is -1.20. The fourth-order valence-electron chi connectivity index (χ4n) is 1.89. The van der Waals surface area contributed by atoms with Gasteiger partial charge in [-0.1, -0.05) is 0 Å². The number of methoxy groups -OCH3 is 1. The van der Waals surface area contributed by atoms with Gasteiger partial charge in [0.05, 0.1) is 7.11 Å². The van der Waals surface area contributed by atoms with Crippen LogP contribution in [0.4, 0.5) is 0 Å². The van der Waals surface area contributed by atoms with Crippen molar-refractivity contribution in [2.75, 3.05) is 7.11 Å². The summed E-state index contributed by atoms with van der Waals surface area (Å²) < 4.78 is 4.55. The minimum Gasteiger partial charge on any atom is -0.477 e. The van der Waals surface area contributed by atoms with Crippen molar-refractivity contribution in [2.24, 2.45) is 0 Å². The van der Waals surface area contributed by atoms with Crippen LogP contribution in [0.3, 0.4) is 0 Å². The topological polar surface area (TPSA) is 79.4 Å². The number of ether oxygens (including phenoxy) is 1. The Morgan fingerprint density at radius 3 is 2.47 bits per heavy atom. The number of carboxylic acid groups (broad SMARTS) is 1. The molecule has 0 atom stereocenters. The number of hydrogen-bond donors (Lipinski definition) is 2. The van der Waals surface area contributed by atoms with Crippen molar-refractivity contribution in [1.29, 1.82) is 0 Å². The molecule has 0 saturated carbocycles. The molecule has 2 N–H and O–H groups in total. The number of H-pyrrole nitrogens is 1. The van der Waals surface area contributed by atoms with Crippen molar-refractivity contribution in [3.63, 3.8) is 0 Å². The van der Waals surface area contributed by atoms with Crippen molar-refractivity contribution in [3.8, 4) is 0 Å². The maximum atomic E-state index is 11.0. The average Bonchev–Trinajstić information content (AvgIpc) is 2.56. The van der Waals surface area contributed by atoms with E-state index >= 15 is 0 Å². The summed E-state index contributed by atoms with van der Waals surface area (Å²) >= 11 is 0. The molecule has 0 amide bonds. The Balaban J connectivity index is 2.71. The fourth-order valence-corrected chi connectivity index (χ4v) is 1.89. The molecule has 0 bridgehead atoms. The molecule has 0 aromatic carbocycles. The standard InChI is InChI=1S/C12H17NO4/c1-7-9(5-4-6-10(14)17-3)8(2)13-11(7)12(15)16/h13H,4-6H2,1-3H3,(H,15,16). The summed E-state index contributed by atoms with van der Waals surface area (Å²) in [6.45, 7) is 3.62. The van der Waals surface area contributed by atoms with Gasteiger partial charge in [0.15, 0.2) is 0 Å². The fraction of sp³-hybridized carbons (Fsp3) is 0.500. The van der Waals surface area contributed by atoms with Gasteiger partial charge in [-0.25, -0.2) is 4.79 Å². The first-order valence-corrected chi connectivity index (χ1v) is 5.45. The van der Waals surface area contributed by atoms with Crippen LogP contribution >= 0.6 is 0 Å². The molecule has 1 aromatic heterocycles. The van der Waals surface area contributed by atoms with Crippen LogP contribution in [-0.4, -0.2) is 29.1 Å². The number of esters is 1. The lowest BCUT2D eigenvalue weighted by Crippen LogP contribution is -2.01. The third-order valence-corrected chi connectivity index (χ3v) is 2.84. The molecule has 1 heterocycles. The molecule has 0 fully saturated rings. The van der Waals surface area contributed by atoms with Gasteiger partial charge in [-0.05, 0) is 37.8 Å². The first-order valence-electron chi connectivity index (χ1n) is 5.45. The van der Waals surface area contributed by atoms with Crippen molar-refractivity contribution in [3.05, 3.63) is 22.5 Å². The number of carbonyl (C=O) groups is 2. The molecule has 0 saturated heterocycles. The number of rotatable bonds is 5. The Kier molecular flexibility index (Phi) is 4.31. The second-order valence-corrected chi connectivity index (χ2v) is 3.96. The highest BCUT2D eigenvalue weighted by molar-refractivity contribution is 5.88. The van der Waals surface area contributed by atoms with E-state index in [-0.39, 0.29) is 11.7 Å². The number of aryl methyl sites for hydroxylation is 1. The third kappa shape index (κ3) is 3.09. The first kappa shape index (κ1) is 13.3. The van der Waals surface area contributed by atoms with Crippen LogP contribution in [0.5, 0.6) is 0 Å². The number of aromatic carboxylic acids is 1. The van der Waals surface area contributed by atoms with E-state index in [0.29, 0.717) is 19.3 Å². The first-order chi connectivity index (χ1) is 7.97. The van der Waals surface area contributed by atoms with Gasteiger partial charge in [-0.15, -0.1) is 0 Å². The van der Waals surface area contributed by atoms with Crippen molar-refractivity contribution in [1.82, 2.24) is 4.98 Å². The number of aromatic amines is 1. The Hall–Kier alpha value is -1.78. The Bertz CT molecular complexity index is 434. The van der Waals surface area contributed by atoms with E-state index in [1.165, 1.54) is 7.11 Å². The highest BCUT2D eigenvalue weighted by atomic mass is 16.5. The molecule has 0 unspecified atom stereocenters. The lowest BCUT2D eigenvalue weighted by atomic mass is 10.0. The van der Waals surface area contributed by atoms with Gasteiger partial charge in [0.1, 0.15) is 5.69 Å². The summed E-state index contributed by atoms with van der Waals surface area (Å²) in [4.78, 5) is 24.7. The molecule has 5 nitrogen and oxygen atoms in total. The normalized spacial score (nSPS) is 10.3. The van der Waals surface area contributed by atoms with Gasteiger partial charge in [0, 0.05) is 12.1 Å². The number of aromatic nitrogens is 1. The Morgan fingerprint density at radius 1 is 1.35 bits per heavy atom. The van der Waals surface area contributed by atoms with E-state index in [4.69, 9.17) is 5.11 Å². The van der Waals surface area contributed by atoms with E-state index in [2.05, 4.69) is 9.72 Å². The maximum absolute atomic E-state index is 11.0. The SMILES string of the molecule is COC(=O)CCCc1c(C)[nH]c(C(=O)O)c1C. The summed E-state index contributed by atoms with van der Waals surface area (Å²) in [5.41, 5.74) is 2.81. The largest absolute Gasteiger partial charge is 0.477 e. The number of carbonyl (C=O) groups excluding carboxylic acids is 1. The van der Waals surface area contributed by atoms with Crippen molar-refractivity contribution < 1.29 is 19.4 Å². The molecule has 0 radical (unpaired) electrons. The van der Waals surface area contributed by atoms with E-state index in [1.54, 1.807) is 6.92 Å². The van der Waals surface area contributed by atoms with Crippen LogP contribution in [0.15, 0.2) is 0 Å². The average molecular weight is 239 g/mol. The highest BCUT2D eigenvalue weighted by Gasteiger charge is 2.16. The smallest absolute Gasteiger partial charge is 0.352 e. The quantitative estimate of drug-likeness (QED) is 0.768. The van der Waals surface area contributed by atoms with Crippen LogP contribution in [0.2, 0.25) is 0 Å². The number of carboxylic acids is 1.